The van der Waals surface area contributed by atoms with Crippen molar-refractivity contribution in [2.45, 2.75) is 31.9 Å². The number of nitrogens with zero attached hydrogens (tertiary/aromatic N) is 2. The Morgan fingerprint density at radius 2 is 2.40 bits per heavy atom. The topological polar surface area (TPSA) is 64.1 Å². The zero-order chi connectivity index (χ0) is 11.1. The second kappa shape index (κ2) is 3.77. The Morgan fingerprint density at radius 3 is 2.80 bits per heavy atom. The van der Waals surface area contributed by atoms with Crippen molar-refractivity contribution in [1.29, 1.82) is 0 Å². The number of aliphatic hydroxyl groups is 1. The zero-order valence-electron chi connectivity index (χ0n) is 8.78. The number of aromatic nitrogens is 2. The molecule has 2 rings (SSSR count). The van der Waals surface area contributed by atoms with Crippen LogP contribution in [0.3, 0.4) is 0 Å². The molecule has 1 aromatic rings. The van der Waals surface area contributed by atoms with Crippen LogP contribution >= 0.6 is 11.6 Å². The Labute approximate surface area is 94.0 Å². The van der Waals surface area contributed by atoms with Gasteiger partial charge in [0.1, 0.15) is 0 Å². The van der Waals surface area contributed by atoms with E-state index in [1.165, 1.54) is 0 Å². The molecule has 1 aromatic heterocycles. The summed E-state index contributed by atoms with van der Waals surface area (Å²) >= 11 is 5.90. The number of hydrogen-bond donors (Lipinski definition) is 2. The van der Waals surface area contributed by atoms with Gasteiger partial charge in [0.25, 0.3) is 0 Å². The van der Waals surface area contributed by atoms with Gasteiger partial charge in [-0.3, -0.25) is 4.68 Å². The van der Waals surface area contributed by atoms with Crippen LogP contribution in [0.2, 0.25) is 5.02 Å². The van der Waals surface area contributed by atoms with Crippen molar-refractivity contribution < 1.29 is 5.11 Å². The van der Waals surface area contributed by atoms with E-state index >= 15 is 0 Å². The van der Waals surface area contributed by atoms with Gasteiger partial charge in [0.2, 0.25) is 0 Å². The fourth-order valence-electron chi connectivity index (χ4n) is 1.84. The predicted octanol–water partition coefficient (Wildman–Crippen LogP) is 0.945. The molecule has 0 radical (unpaired) electrons. The van der Waals surface area contributed by atoms with Gasteiger partial charge in [-0.25, -0.2) is 0 Å². The summed E-state index contributed by atoms with van der Waals surface area (Å²) in [7, 11) is 0. The van der Waals surface area contributed by atoms with E-state index in [2.05, 4.69) is 5.10 Å². The van der Waals surface area contributed by atoms with Crippen LogP contribution < -0.4 is 5.73 Å². The number of halogens is 1. The maximum Gasteiger partial charge on any atom is 0.0991 e. The van der Waals surface area contributed by atoms with Gasteiger partial charge in [0.05, 0.1) is 22.9 Å². The molecule has 84 valence electrons. The van der Waals surface area contributed by atoms with Gasteiger partial charge in [0, 0.05) is 12.7 Å². The first-order chi connectivity index (χ1) is 7.05. The normalized spacial score (nSPS) is 20.3. The molecule has 15 heavy (non-hydrogen) atoms. The third-order valence-electron chi connectivity index (χ3n) is 3.01. The summed E-state index contributed by atoms with van der Waals surface area (Å²) in [5.74, 6) is 0.325. The minimum Gasteiger partial charge on any atom is -0.386 e. The van der Waals surface area contributed by atoms with E-state index in [9.17, 15) is 5.11 Å². The largest absolute Gasteiger partial charge is 0.386 e. The lowest BCUT2D eigenvalue weighted by Crippen LogP contribution is -2.44. The van der Waals surface area contributed by atoms with Gasteiger partial charge in [-0.15, -0.1) is 0 Å². The highest BCUT2D eigenvalue weighted by molar-refractivity contribution is 6.31. The van der Waals surface area contributed by atoms with Crippen molar-refractivity contribution in [1.82, 2.24) is 9.78 Å². The standard InChI is InChI=1S/C10H16ClN3O/c1-7-9(11)4-14(13-7)6-10(15,5-12)8-2-3-8/h4,8,15H,2-3,5-6,12H2,1H3. The predicted molar refractivity (Wildman–Crippen MR) is 58.7 cm³/mol. The molecule has 1 unspecified atom stereocenters. The molecule has 4 nitrogen and oxygen atoms in total. The highest BCUT2D eigenvalue weighted by Crippen LogP contribution is 2.40. The molecule has 1 aliphatic rings. The van der Waals surface area contributed by atoms with Crippen LogP contribution in [0, 0.1) is 12.8 Å². The Balaban J connectivity index is 2.12. The molecule has 0 amide bonds. The maximum atomic E-state index is 10.3. The van der Waals surface area contributed by atoms with Gasteiger partial charge in [-0.2, -0.15) is 5.10 Å². The Bertz CT molecular complexity index is 342. The lowest BCUT2D eigenvalue weighted by Gasteiger charge is -2.26. The molecule has 1 fully saturated rings. The van der Waals surface area contributed by atoms with E-state index in [0.29, 0.717) is 17.5 Å². The summed E-state index contributed by atoms with van der Waals surface area (Å²) in [6.07, 6.45) is 3.85. The molecule has 1 aliphatic carbocycles. The molecule has 3 N–H and O–H groups in total. The minimum absolute atomic E-state index is 0.272. The first kappa shape index (κ1) is 10.9. The van der Waals surface area contributed by atoms with E-state index in [-0.39, 0.29) is 6.54 Å². The first-order valence-electron chi connectivity index (χ1n) is 5.17. The molecule has 1 atom stereocenters. The summed E-state index contributed by atoms with van der Waals surface area (Å²) in [5.41, 5.74) is 5.58. The van der Waals surface area contributed by atoms with Crippen LogP contribution in [0.15, 0.2) is 6.20 Å². The van der Waals surface area contributed by atoms with Crippen LogP contribution in [0.4, 0.5) is 0 Å². The van der Waals surface area contributed by atoms with E-state index in [1.807, 2.05) is 6.92 Å². The number of nitrogens with two attached hydrogens (primary N) is 1. The number of aryl methyl sites for hydroxylation is 1. The van der Waals surface area contributed by atoms with E-state index in [1.54, 1.807) is 10.9 Å². The smallest absolute Gasteiger partial charge is 0.0991 e. The fraction of sp³-hybridized carbons (Fsp3) is 0.700. The SMILES string of the molecule is Cc1nn(CC(O)(CN)C2CC2)cc1Cl. The monoisotopic (exact) mass is 229 g/mol. The van der Waals surface area contributed by atoms with Gasteiger partial charge in [0.15, 0.2) is 0 Å². The molecule has 1 heterocycles. The Hall–Kier alpha value is -0.580. The van der Waals surface area contributed by atoms with Crippen LogP contribution in [0.25, 0.3) is 0 Å². The molecule has 0 spiro atoms. The van der Waals surface area contributed by atoms with Crippen molar-refractivity contribution in [3.05, 3.63) is 16.9 Å². The molecule has 5 heteroatoms. The van der Waals surface area contributed by atoms with E-state index < -0.39 is 5.60 Å². The van der Waals surface area contributed by atoms with Crippen molar-refractivity contribution >= 4 is 11.6 Å². The summed E-state index contributed by atoms with van der Waals surface area (Å²) in [6.45, 7) is 2.55. The number of rotatable bonds is 4. The summed E-state index contributed by atoms with van der Waals surface area (Å²) in [4.78, 5) is 0. The maximum absolute atomic E-state index is 10.3. The lowest BCUT2D eigenvalue weighted by atomic mass is 9.98. The second-order valence-corrected chi connectivity index (χ2v) is 4.75. The molecular weight excluding hydrogens is 214 g/mol. The highest BCUT2D eigenvalue weighted by Gasteiger charge is 2.43. The second-order valence-electron chi connectivity index (χ2n) is 4.34. The Morgan fingerprint density at radius 1 is 1.73 bits per heavy atom. The molecule has 0 saturated heterocycles. The summed E-state index contributed by atoms with van der Waals surface area (Å²) in [5, 5.41) is 15.1. The third kappa shape index (κ3) is 2.17. The highest BCUT2D eigenvalue weighted by atomic mass is 35.5. The fourth-order valence-corrected chi connectivity index (χ4v) is 1.99. The van der Waals surface area contributed by atoms with Crippen LogP contribution in [0.5, 0.6) is 0 Å². The van der Waals surface area contributed by atoms with Crippen molar-refractivity contribution in [3.8, 4) is 0 Å². The average molecular weight is 230 g/mol. The zero-order valence-corrected chi connectivity index (χ0v) is 9.54. The molecule has 0 aliphatic heterocycles. The Kier molecular flexibility index (Phi) is 2.75. The molecule has 1 saturated carbocycles. The van der Waals surface area contributed by atoms with Gasteiger partial charge < -0.3 is 10.8 Å². The molecule has 0 aromatic carbocycles. The molecular formula is C10H16ClN3O. The quantitative estimate of drug-likeness (QED) is 0.808. The average Bonchev–Trinajstić information content (AvgIpc) is 2.96. The van der Waals surface area contributed by atoms with E-state index in [4.69, 9.17) is 17.3 Å². The van der Waals surface area contributed by atoms with Crippen molar-refractivity contribution in [2.75, 3.05) is 6.54 Å². The first-order valence-corrected chi connectivity index (χ1v) is 5.55. The summed E-state index contributed by atoms with van der Waals surface area (Å²) in [6, 6.07) is 0. The lowest BCUT2D eigenvalue weighted by molar-refractivity contribution is 0.00621. The van der Waals surface area contributed by atoms with Crippen molar-refractivity contribution in [3.63, 3.8) is 0 Å². The van der Waals surface area contributed by atoms with E-state index in [0.717, 1.165) is 18.5 Å². The third-order valence-corrected chi connectivity index (χ3v) is 3.38. The minimum atomic E-state index is -0.818. The summed E-state index contributed by atoms with van der Waals surface area (Å²) < 4.78 is 1.68. The van der Waals surface area contributed by atoms with Crippen molar-refractivity contribution in [2.24, 2.45) is 11.7 Å². The van der Waals surface area contributed by atoms with Gasteiger partial charge in [-0.05, 0) is 25.7 Å². The number of hydrogen-bond acceptors (Lipinski definition) is 3. The molecule has 0 bridgehead atoms. The van der Waals surface area contributed by atoms with Crippen LogP contribution in [-0.4, -0.2) is 27.0 Å². The van der Waals surface area contributed by atoms with Crippen LogP contribution in [-0.2, 0) is 6.54 Å². The van der Waals surface area contributed by atoms with Gasteiger partial charge >= 0.3 is 0 Å². The van der Waals surface area contributed by atoms with Crippen LogP contribution in [0.1, 0.15) is 18.5 Å². The van der Waals surface area contributed by atoms with Gasteiger partial charge in [-0.1, -0.05) is 11.6 Å².